The predicted octanol–water partition coefficient (Wildman–Crippen LogP) is 2.29. The molecule has 0 unspecified atom stereocenters. The van der Waals surface area contributed by atoms with Crippen LogP contribution in [0.1, 0.15) is 52.4 Å². The van der Waals surface area contributed by atoms with Crippen LogP contribution in [0.15, 0.2) is 0 Å². The summed E-state index contributed by atoms with van der Waals surface area (Å²) >= 11 is 0. The van der Waals surface area contributed by atoms with E-state index in [0.29, 0.717) is 0 Å². The highest BCUT2D eigenvalue weighted by molar-refractivity contribution is 5.86. The highest BCUT2D eigenvalue weighted by atomic mass is 16.5. The minimum Gasteiger partial charge on any atom is -0.481 e. The van der Waals surface area contributed by atoms with Crippen molar-refractivity contribution in [1.29, 1.82) is 0 Å². The molecule has 5 heteroatoms. The van der Waals surface area contributed by atoms with Crippen LogP contribution in [0, 0.1) is 11.8 Å². The number of nitrogens with zero attached hydrogens (tertiary/aromatic N) is 1. The number of unbranched alkanes of at least 4 members (excludes halogenated alkanes) is 2. The zero-order valence-electron chi connectivity index (χ0n) is 13.1. The van der Waals surface area contributed by atoms with E-state index in [0.717, 1.165) is 51.6 Å². The quantitative estimate of drug-likeness (QED) is 0.746. The maximum atomic E-state index is 12.8. The van der Waals surface area contributed by atoms with Gasteiger partial charge in [-0.25, -0.2) is 0 Å². The van der Waals surface area contributed by atoms with E-state index in [1.54, 1.807) is 0 Å². The van der Waals surface area contributed by atoms with Gasteiger partial charge >= 0.3 is 5.97 Å². The second kappa shape index (κ2) is 7.25. The molecule has 0 aromatic heterocycles. The van der Waals surface area contributed by atoms with E-state index in [4.69, 9.17) is 4.74 Å². The lowest BCUT2D eigenvalue weighted by Gasteiger charge is -2.30. The Hall–Kier alpha value is -1.10. The molecule has 2 aliphatic rings. The summed E-state index contributed by atoms with van der Waals surface area (Å²) in [5, 5.41) is 9.44. The van der Waals surface area contributed by atoms with Gasteiger partial charge in [0.1, 0.15) is 0 Å². The van der Waals surface area contributed by atoms with Gasteiger partial charge in [0.25, 0.3) is 0 Å². The highest BCUT2D eigenvalue weighted by Crippen LogP contribution is 2.44. The van der Waals surface area contributed by atoms with Gasteiger partial charge < -0.3 is 14.7 Å². The van der Waals surface area contributed by atoms with E-state index in [9.17, 15) is 14.7 Å². The molecule has 1 N–H and O–H groups in total. The number of fused-ring (bicyclic) bond motifs is 2. The SMILES string of the molecule is CCCCN(CCCC)C(=O)[C@H]1[C@@H](C(=O)O)[C@@H]2CC[C@@H]1O2. The Bertz CT molecular complexity index is 376. The van der Waals surface area contributed by atoms with Crippen molar-refractivity contribution < 1.29 is 19.4 Å². The monoisotopic (exact) mass is 297 g/mol. The number of amides is 1. The summed E-state index contributed by atoms with van der Waals surface area (Å²) in [5.74, 6) is -2.01. The topological polar surface area (TPSA) is 66.8 Å². The minimum absolute atomic E-state index is 0.00324. The van der Waals surface area contributed by atoms with E-state index in [1.165, 1.54) is 0 Å². The molecule has 2 heterocycles. The first-order valence-electron chi connectivity index (χ1n) is 8.27. The Kier molecular flexibility index (Phi) is 5.62. The van der Waals surface area contributed by atoms with Crippen molar-refractivity contribution in [2.45, 2.75) is 64.6 Å². The van der Waals surface area contributed by atoms with E-state index < -0.39 is 17.8 Å². The second-order valence-corrected chi connectivity index (χ2v) is 6.21. The van der Waals surface area contributed by atoms with Crippen molar-refractivity contribution in [3.05, 3.63) is 0 Å². The smallest absolute Gasteiger partial charge is 0.310 e. The fourth-order valence-electron chi connectivity index (χ4n) is 3.55. The van der Waals surface area contributed by atoms with Gasteiger partial charge in [0.15, 0.2) is 0 Å². The van der Waals surface area contributed by atoms with Crippen LogP contribution in [0.3, 0.4) is 0 Å². The van der Waals surface area contributed by atoms with Crippen molar-refractivity contribution in [2.24, 2.45) is 11.8 Å². The Labute approximate surface area is 126 Å². The molecular formula is C16H27NO4. The number of ether oxygens (including phenoxy) is 1. The molecule has 0 aliphatic carbocycles. The van der Waals surface area contributed by atoms with Gasteiger partial charge in [-0.3, -0.25) is 9.59 Å². The third kappa shape index (κ3) is 3.39. The Morgan fingerprint density at radius 2 is 1.57 bits per heavy atom. The van der Waals surface area contributed by atoms with Crippen LogP contribution in [0.4, 0.5) is 0 Å². The Morgan fingerprint density at radius 3 is 2.05 bits per heavy atom. The standard InChI is InChI=1S/C16H27NO4/c1-3-5-9-17(10-6-4-2)15(18)13-11-7-8-12(21-11)14(13)16(19)20/h11-14H,3-10H2,1-2H3,(H,19,20)/t11-,12-,13+,14-/m0/s1. The lowest BCUT2D eigenvalue weighted by atomic mass is 9.78. The first-order chi connectivity index (χ1) is 10.1. The second-order valence-electron chi connectivity index (χ2n) is 6.21. The van der Waals surface area contributed by atoms with Crippen molar-refractivity contribution in [2.75, 3.05) is 13.1 Å². The fourth-order valence-corrected chi connectivity index (χ4v) is 3.55. The molecular weight excluding hydrogens is 270 g/mol. The molecule has 120 valence electrons. The van der Waals surface area contributed by atoms with Crippen molar-refractivity contribution in [3.8, 4) is 0 Å². The van der Waals surface area contributed by atoms with Crippen LogP contribution in [-0.4, -0.2) is 47.2 Å². The van der Waals surface area contributed by atoms with Crippen LogP contribution in [-0.2, 0) is 14.3 Å². The van der Waals surface area contributed by atoms with Crippen LogP contribution in [0.25, 0.3) is 0 Å². The highest BCUT2D eigenvalue weighted by Gasteiger charge is 2.56. The third-order valence-corrected chi connectivity index (χ3v) is 4.72. The maximum Gasteiger partial charge on any atom is 0.310 e. The minimum atomic E-state index is -0.883. The first kappa shape index (κ1) is 16.3. The average molecular weight is 297 g/mol. The van der Waals surface area contributed by atoms with Crippen molar-refractivity contribution in [1.82, 2.24) is 4.90 Å². The number of hydrogen-bond acceptors (Lipinski definition) is 3. The van der Waals surface area contributed by atoms with Gasteiger partial charge in [0, 0.05) is 13.1 Å². The molecule has 0 aromatic carbocycles. The zero-order valence-corrected chi connectivity index (χ0v) is 13.1. The lowest BCUT2D eigenvalue weighted by Crippen LogP contribution is -2.46. The van der Waals surface area contributed by atoms with E-state index in [2.05, 4.69) is 13.8 Å². The molecule has 4 atom stereocenters. The Balaban J connectivity index is 2.08. The predicted molar refractivity (Wildman–Crippen MR) is 78.9 cm³/mol. The molecule has 2 saturated heterocycles. The molecule has 1 amide bonds. The summed E-state index contributed by atoms with van der Waals surface area (Å²) in [6.45, 7) is 5.66. The molecule has 0 spiro atoms. The van der Waals surface area contributed by atoms with E-state index in [1.807, 2.05) is 4.90 Å². The van der Waals surface area contributed by atoms with Gasteiger partial charge in [0.05, 0.1) is 24.0 Å². The van der Waals surface area contributed by atoms with Crippen LogP contribution in [0.5, 0.6) is 0 Å². The van der Waals surface area contributed by atoms with Crippen molar-refractivity contribution >= 4 is 11.9 Å². The molecule has 21 heavy (non-hydrogen) atoms. The molecule has 0 saturated carbocycles. The molecule has 2 aliphatic heterocycles. The average Bonchev–Trinajstić information content (AvgIpc) is 3.07. The largest absolute Gasteiger partial charge is 0.481 e. The van der Waals surface area contributed by atoms with Crippen LogP contribution >= 0.6 is 0 Å². The number of carbonyl (C=O) groups is 2. The van der Waals surface area contributed by atoms with Gasteiger partial charge in [0.2, 0.25) is 5.91 Å². The zero-order chi connectivity index (χ0) is 15.4. The van der Waals surface area contributed by atoms with Gasteiger partial charge in [-0.2, -0.15) is 0 Å². The molecule has 2 fully saturated rings. The van der Waals surface area contributed by atoms with Gasteiger partial charge in [-0.15, -0.1) is 0 Å². The summed E-state index contributed by atoms with van der Waals surface area (Å²) in [7, 11) is 0. The number of hydrogen-bond donors (Lipinski definition) is 1. The van der Waals surface area contributed by atoms with Crippen LogP contribution in [0.2, 0.25) is 0 Å². The molecule has 0 radical (unpaired) electrons. The number of carbonyl (C=O) groups excluding carboxylic acids is 1. The Morgan fingerprint density at radius 1 is 1.05 bits per heavy atom. The lowest BCUT2D eigenvalue weighted by molar-refractivity contribution is -0.151. The normalized spacial score (nSPS) is 30.6. The fraction of sp³-hybridized carbons (Fsp3) is 0.875. The molecule has 2 rings (SSSR count). The number of carboxylic acids is 1. The van der Waals surface area contributed by atoms with E-state index in [-0.39, 0.29) is 18.1 Å². The summed E-state index contributed by atoms with van der Waals surface area (Å²) in [5.41, 5.74) is 0. The van der Waals surface area contributed by atoms with Gasteiger partial charge in [-0.1, -0.05) is 26.7 Å². The maximum absolute atomic E-state index is 12.8. The number of rotatable bonds is 8. The summed E-state index contributed by atoms with van der Waals surface area (Å²) in [4.78, 5) is 26.2. The summed E-state index contributed by atoms with van der Waals surface area (Å²) < 4.78 is 5.71. The van der Waals surface area contributed by atoms with E-state index >= 15 is 0 Å². The summed E-state index contributed by atoms with van der Waals surface area (Å²) in [6, 6.07) is 0. The third-order valence-electron chi connectivity index (χ3n) is 4.72. The first-order valence-corrected chi connectivity index (χ1v) is 8.27. The molecule has 0 aromatic rings. The molecule has 5 nitrogen and oxygen atoms in total. The van der Waals surface area contributed by atoms with Crippen LogP contribution < -0.4 is 0 Å². The van der Waals surface area contributed by atoms with Gasteiger partial charge in [-0.05, 0) is 25.7 Å². The summed E-state index contributed by atoms with van der Waals surface area (Å²) in [6.07, 6.45) is 5.14. The molecule has 2 bridgehead atoms. The van der Waals surface area contributed by atoms with Crippen molar-refractivity contribution in [3.63, 3.8) is 0 Å². The number of carboxylic acid groups (broad SMARTS) is 1. The number of aliphatic carboxylic acids is 1.